The van der Waals surface area contributed by atoms with Crippen molar-refractivity contribution in [3.63, 3.8) is 0 Å². The van der Waals surface area contributed by atoms with Gasteiger partial charge in [0, 0.05) is 11.1 Å². The van der Waals surface area contributed by atoms with Crippen LogP contribution in [-0.4, -0.2) is 23.2 Å². The first kappa shape index (κ1) is 17.6. The summed E-state index contributed by atoms with van der Waals surface area (Å²) in [5.41, 5.74) is 6.94. The molecule has 0 radical (unpaired) electrons. The second kappa shape index (κ2) is 8.21. The predicted molar refractivity (Wildman–Crippen MR) is 91.9 cm³/mol. The maximum atomic E-state index is 12.0. The monoisotopic (exact) mass is 327 g/mol. The van der Waals surface area contributed by atoms with Gasteiger partial charge in [-0.2, -0.15) is 5.10 Å². The standard InChI is InChI=1S/C18H21N3O3/c1-12(2)14-5-3-13(4-6-14)11-19-20-17(22)15-7-9-16(10-8-15)18(23)21-24/h3,7-11,14,24H,1,4-6H2,2H3,(H,20,22)(H,21,23)/b19-11+/t14-/m1/s1. The largest absolute Gasteiger partial charge is 0.288 e. The Morgan fingerprint density at radius 1 is 1.25 bits per heavy atom. The molecular weight excluding hydrogens is 306 g/mol. The summed E-state index contributed by atoms with van der Waals surface area (Å²) in [6, 6.07) is 5.89. The fourth-order valence-electron chi connectivity index (χ4n) is 2.50. The van der Waals surface area contributed by atoms with Gasteiger partial charge in [-0.15, -0.1) is 0 Å². The second-order valence-corrected chi connectivity index (χ2v) is 5.81. The number of hydrazone groups is 1. The minimum atomic E-state index is -0.628. The van der Waals surface area contributed by atoms with E-state index < -0.39 is 5.91 Å². The third-order valence-corrected chi connectivity index (χ3v) is 4.05. The first-order valence-electron chi connectivity index (χ1n) is 7.73. The molecule has 24 heavy (non-hydrogen) atoms. The molecule has 0 heterocycles. The highest BCUT2D eigenvalue weighted by molar-refractivity contribution is 5.97. The highest BCUT2D eigenvalue weighted by atomic mass is 16.5. The second-order valence-electron chi connectivity index (χ2n) is 5.81. The Morgan fingerprint density at radius 3 is 2.38 bits per heavy atom. The number of carbonyl (C=O) groups excluding carboxylic acids is 2. The summed E-state index contributed by atoms with van der Waals surface area (Å²) in [5, 5.41) is 12.5. The van der Waals surface area contributed by atoms with Crippen molar-refractivity contribution >= 4 is 18.0 Å². The number of hydrogen-bond donors (Lipinski definition) is 3. The Morgan fingerprint density at radius 2 is 1.88 bits per heavy atom. The van der Waals surface area contributed by atoms with Crippen molar-refractivity contribution in [2.45, 2.75) is 26.2 Å². The molecule has 3 N–H and O–H groups in total. The van der Waals surface area contributed by atoms with Crippen molar-refractivity contribution in [3.05, 3.63) is 59.2 Å². The predicted octanol–water partition coefficient (Wildman–Crippen LogP) is 2.82. The Hall–Kier alpha value is -2.73. The highest BCUT2D eigenvalue weighted by Gasteiger charge is 2.14. The Balaban J connectivity index is 1.89. The molecule has 0 saturated heterocycles. The summed E-state index contributed by atoms with van der Waals surface area (Å²) in [5.74, 6) is -0.456. The number of rotatable bonds is 5. The molecule has 0 saturated carbocycles. The molecule has 6 heteroatoms. The minimum absolute atomic E-state index is 0.261. The highest BCUT2D eigenvalue weighted by Crippen LogP contribution is 2.27. The van der Waals surface area contributed by atoms with E-state index >= 15 is 0 Å². The van der Waals surface area contributed by atoms with E-state index in [1.54, 1.807) is 6.21 Å². The first-order valence-corrected chi connectivity index (χ1v) is 7.73. The van der Waals surface area contributed by atoms with Gasteiger partial charge in [-0.25, -0.2) is 10.9 Å². The third-order valence-electron chi connectivity index (χ3n) is 4.05. The molecule has 6 nitrogen and oxygen atoms in total. The zero-order valence-corrected chi connectivity index (χ0v) is 13.6. The molecule has 0 fully saturated rings. The molecule has 0 aliphatic heterocycles. The smallest absolute Gasteiger partial charge is 0.274 e. The molecule has 1 aromatic carbocycles. The molecule has 1 atom stereocenters. The molecule has 126 valence electrons. The number of hydroxylamine groups is 1. The van der Waals surface area contributed by atoms with Gasteiger partial charge >= 0.3 is 0 Å². The summed E-state index contributed by atoms with van der Waals surface area (Å²) < 4.78 is 0. The van der Waals surface area contributed by atoms with E-state index in [-0.39, 0.29) is 11.5 Å². The number of allylic oxidation sites excluding steroid dienone is 3. The van der Waals surface area contributed by atoms with Crippen molar-refractivity contribution in [2.75, 3.05) is 0 Å². The van der Waals surface area contributed by atoms with Crippen LogP contribution in [0.15, 0.2) is 53.2 Å². The number of nitrogens with one attached hydrogen (secondary N) is 2. The van der Waals surface area contributed by atoms with Gasteiger partial charge < -0.3 is 0 Å². The lowest BCUT2D eigenvalue weighted by molar-refractivity contribution is 0.0706. The van der Waals surface area contributed by atoms with Gasteiger partial charge in [0.05, 0.1) is 6.21 Å². The van der Waals surface area contributed by atoms with Crippen LogP contribution >= 0.6 is 0 Å². The van der Waals surface area contributed by atoms with Gasteiger partial charge in [0.25, 0.3) is 11.8 Å². The van der Waals surface area contributed by atoms with Crippen LogP contribution in [0.3, 0.4) is 0 Å². The lowest BCUT2D eigenvalue weighted by atomic mass is 9.86. The average molecular weight is 327 g/mol. The third kappa shape index (κ3) is 4.63. The molecule has 1 aliphatic carbocycles. The fourth-order valence-corrected chi connectivity index (χ4v) is 2.50. The molecule has 0 spiro atoms. The summed E-state index contributed by atoms with van der Waals surface area (Å²) in [6.07, 6.45) is 6.72. The average Bonchev–Trinajstić information content (AvgIpc) is 2.61. The molecule has 1 aromatic rings. The number of benzene rings is 1. The van der Waals surface area contributed by atoms with Gasteiger partial charge in [-0.3, -0.25) is 14.8 Å². The van der Waals surface area contributed by atoms with Gasteiger partial charge in [0.15, 0.2) is 0 Å². The van der Waals surface area contributed by atoms with Crippen molar-refractivity contribution in [1.82, 2.24) is 10.9 Å². The molecule has 0 unspecified atom stereocenters. The van der Waals surface area contributed by atoms with Crippen LogP contribution in [0.25, 0.3) is 0 Å². The van der Waals surface area contributed by atoms with E-state index in [2.05, 4.69) is 23.2 Å². The SMILES string of the molecule is C=C(C)[C@@H]1CC=C(/C=N/NC(=O)c2ccc(C(=O)NO)cc2)CC1. The van der Waals surface area contributed by atoms with Gasteiger partial charge in [0.1, 0.15) is 0 Å². The molecule has 0 aromatic heterocycles. The normalized spacial score (nSPS) is 17.2. The van der Waals surface area contributed by atoms with Crippen molar-refractivity contribution in [3.8, 4) is 0 Å². The van der Waals surface area contributed by atoms with E-state index in [4.69, 9.17) is 5.21 Å². The quantitative estimate of drug-likeness (QED) is 0.336. The van der Waals surface area contributed by atoms with Gasteiger partial charge in [0.2, 0.25) is 0 Å². The van der Waals surface area contributed by atoms with Gasteiger partial charge in [-0.1, -0.05) is 18.2 Å². The summed E-state index contributed by atoms with van der Waals surface area (Å²) in [4.78, 5) is 23.2. The van der Waals surface area contributed by atoms with Crippen molar-refractivity contribution in [2.24, 2.45) is 11.0 Å². The van der Waals surface area contributed by atoms with Crippen LogP contribution < -0.4 is 10.9 Å². The van der Waals surface area contributed by atoms with E-state index in [1.807, 2.05) is 6.92 Å². The summed E-state index contributed by atoms with van der Waals surface area (Å²) in [6.45, 7) is 6.04. The molecule has 2 amide bonds. The van der Waals surface area contributed by atoms with Crippen molar-refractivity contribution < 1.29 is 14.8 Å². The van der Waals surface area contributed by atoms with E-state index in [1.165, 1.54) is 35.3 Å². The Labute approximate surface area is 140 Å². The van der Waals surface area contributed by atoms with Crippen LogP contribution in [0.5, 0.6) is 0 Å². The van der Waals surface area contributed by atoms with Crippen LogP contribution in [0.4, 0.5) is 0 Å². The van der Waals surface area contributed by atoms with Crippen LogP contribution in [-0.2, 0) is 0 Å². The fraction of sp³-hybridized carbons (Fsp3) is 0.278. The summed E-state index contributed by atoms with van der Waals surface area (Å²) in [7, 11) is 0. The van der Waals surface area contributed by atoms with Crippen LogP contribution in [0, 0.1) is 5.92 Å². The topological polar surface area (TPSA) is 90.8 Å². The van der Waals surface area contributed by atoms with E-state index in [0.29, 0.717) is 11.5 Å². The number of hydrogen-bond acceptors (Lipinski definition) is 4. The van der Waals surface area contributed by atoms with Crippen molar-refractivity contribution in [1.29, 1.82) is 0 Å². The minimum Gasteiger partial charge on any atom is -0.288 e. The first-order chi connectivity index (χ1) is 11.5. The van der Waals surface area contributed by atoms with E-state index in [9.17, 15) is 9.59 Å². The lowest BCUT2D eigenvalue weighted by Crippen LogP contribution is -2.20. The number of carbonyl (C=O) groups is 2. The molecule has 2 rings (SSSR count). The molecular formula is C18H21N3O3. The van der Waals surface area contributed by atoms with Gasteiger partial charge in [-0.05, 0) is 61.9 Å². The Kier molecular flexibility index (Phi) is 6.03. The zero-order valence-electron chi connectivity index (χ0n) is 13.6. The zero-order chi connectivity index (χ0) is 17.5. The number of amides is 2. The van der Waals surface area contributed by atoms with E-state index in [0.717, 1.165) is 24.8 Å². The summed E-state index contributed by atoms with van der Waals surface area (Å²) >= 11 is 0. The number of nitrogens with zero attached hydrogens (tertiary/aromatic N) is 1. The van der Waals surface area contributed by atoms with Crippen LogP contribution in [0.1, 0.15) is 46.9 Å². The Bertz CT molecular complexity index is 690. The molecule has 0 bridgehead atoms. The van der Waals surface area contributed by atoms with Crippen LogP contribution in [0.2, 0.25) is 0 Å². The maximum absolute atomic E-state index is 12.0. The lowest BCUT2D eigenvalue weighted by Gasteiger charge is -2.20. The molecule has 1 aliphatic rings. The maximum Gasteiger partial charge on any atom is 0.274 e.